The van der Waals surface area contributed by atoms with E-state index in [0.29, 0.717) is 22.4 Å². The number of nitrogens with zero attached hydrogens (tertiary/aromatic N) is 3. The van der Waals surface area contributed by atoms with Gasteiger partial charge >= 0.3 is 0 Å². The number of hydrogen-bond acceptors (Lipinski definition) is 5. The van der Waals surface area contributed by atoms with E-state index < -0.39 is 4.92 Å². The van der Waals surface area contributed by atoms with E-state index in [0.717, 1.165) is 9.60 Å². The van der Waals surface area contributed by atoms with E-state index in [1.807, 2.05) is 18.4 Å². The molecule has 2 aromatic carbocycles. The van der Waals surface area contributed by atoms with Gasteiger partial charge in [-0.2, -0.15) is 4.99 Å². The van der Waals surface area contributed by atoms with Crippen molar-refractivity contribution in [2.75, 3.05) is 6.26 Å². The van der Waals surface area contributed by atoms with Gasteiger partial charge in [-0.15, -0.1) is 18.3 Å². The summed E-state index contributed by atoms with van der Waals surface area (Å²) in [5.41, 5.74) is 1.16. The standard InChI is InChI=1S/C18H15N3O3S2/c1-3-9-20-15-11-13(21(23)24)7-8-16(15)26-18(20)19-17(22)12-5-4-6-14(10-12)25-2/h3-8,10-11H,1,9H2,2H3. The maximum absolute atomic E-state index is 12.6. The van der Waals surface area contributed by atoms with Gasteiger partial charge in [0.15, 0.2) is 4.80 Å². The monoisotopic (exact) mass is 385 g/mol. The maximum Gasteiger partial charge on any atom is 0.279 e. The number of fused-ring (bicyclic) bond motifs is 1. The number of benzene rings is 2. The quantitative estimate of drug-likeness (QED) is 0.285. The van der Waals surface area contributed by atoms with Crippen LogP contribution in [0.15, 0.2) is 65.0 Å². The minimum absolute atomic E-state index is 0.00124. The van der Waals surface area contributed by atoms with Crippen LogP contribution in [0.3, 0.4) is 0 Å². The number of amides is 1. The van der Waals surface area contributed by atoms with Crippen molar-refractivity contribution in [2.45, 2.75) is 11.4 Å². The highest BCUT2D eigenvalue weighted by molar-refractivity contribution is 7.98. The zero-order valence-electron chi connectivity index (χ0n) is 13.9. The number of thiazole rings is 1. The van der Waals surface area contributed by atoms with Crippen LogP contribution in [-0.2, 0) is 6.54 Å². The molecule has 0 bridgehead atoms. The molecule has 0 atom stereocenters. The molecule has 0 radical (unpaired) electrons. The first-order chi connectivity index (χ1) is 12.5. The van der Waals surface area contributed by atoms with Crippen molar-refractivity contribution in [1.82, 2.24) is 4.57 Å². The average Bonchev–Trinajstić information content (AvgIpc) is 2.98. The van der Waals surface area contributed by atoms with Gasteiger partial charge in [-0.3, -0.25) is 14.9 Å². The summed E-state index contributed by atoms with van der Waals surface area (Å²) in [5.74, 6) is -0.347. The molecule has 1 heterocycles. The van der Waals surface area contributed by atoms with Crippen LogP contribution in [-0.4, -0.2) is 21.7 Å². The van der Waals surface area contributed by atoms with Crippen molar-refractivity contribution < 1.29 is 9.72 Å². The van der Waals surface area contributed by atoms with Crippen LogP contribution in [0.4, 0.5) is 5.69 Å². The Labute approximate surface area is 157 Å². The zero-order chi connectivity index (χ0) is 18.7. The molecule has 3 rings (SSSR count). The Hall–Kier alpha value is -2.71. The lowest BCUT2D eigenvalue weighted by Crippen LogP contribution is -2.16. The Morgan fingerprint density at radius 1 is 1.38 bits per heavy atom. The van der Waals surface area contributed by atoms with Gasteiger partial charge in [0.25, 0.3) is 11.6 Å². The lowest BCUT2D eigenvalue weighted by Gasteiger charge is -2.01. The second kappa shape index (κ2) is 7.67. The average molecular weight is 385 g/mol. The fourth-order valence-electron chi connectivity index (χ4n) is 2.47. The molecule has 6 nitrogen and oxygen atoms in total. The first kappa shape index (κ1) is 18.1. The molecule has 0 aliphatic carbocycles. The fourth-order valence-corrected chi connectivity index (χ4v) is 3.95. The first-order valence-corrected chi connectivity index (χ1v) is 9.69. The number of carbonyl (C=O) groups is 1. The van der Waals surface area contributed by atoms with E-state index in [-0.39, 0.29) is 11.6 Å². The lowest BCUT2D eigenvalue weighted by molar-refractivity contribution is -0.384. The maximum atomic E-state index is 12.6. The summed E-state index contributed by atoms with van der Waals surface area (Å²) >= 11 is 2.87. The highest BCUT2D eigenvalue weighted by Gasteiger charge is 2.13. The summed E-state index contributed by atoms with van der Waals surface area (Å²) in [7, 11) is 0. The highest BCUT2D eigenvalue weighted by atomic mass is 32.2. The largest absolute Gasteiger partial charge is 0.312 e. The van der Waals surface area contributed by atoms with Crippen LogP contribution in [0.25, 0.3) is 10.2 Å². The summed E-state index contributed by atoms with van der Waals surface area (Å²) < 4.78 is 2.58. The Morgan fingerprint density at radius 3 is 2.88 bits per heavy atom. The summed E-state index contributed by atoms with van der Waals surface area (Å²) in [6, 6.07) is 11.9. The molecule has 1 amide bonds. The molecule has 0 saturated heterocycles. The Kier molecular flexibility index (Phi) is 5.34. The van der Waals surface area contributed by atoms with Crippen LogP contribution in [0.2, 0.25) is 0 Å². The molecular weight excluding hydrogens is 370 g/mol. The summed E-state index contributed by atoms with van der Waals surface area (Å²) in [4.78, 5) is 28.9. The molecule has 0 aliphatic heterocycles. The zero-order valence-corrected chi connectivity index (χ0v) is 15.5. The minimum Gasteiger partial charge on any atom is -0.312 e. The second-order valence-corrected chi connectivity index (χ2v) is 7.23. The third kappa shape index (κ3) is 3.61. The minimum atomic E-state index is -0.439. The number of rotatable bonds is 5. The van der Waals surface area contributed by atoms with Gasteiger partial charge in [0.2, 0.25) is 0 Å². The van der Waals surface area contributed by atoms with Gasteiger partial charge in [0, 0.05) is 29.1 Å². The fraction of sp³-hybridized carbons (Fsp3) is 0.111. The molecule has 26 heavy (non-hydrogen) atoms. The third-order valence-electron chi connectivity index (χ3n) is 3.70. The van der Waals surface area contributed by atoms with Crippen molar-refractivity contribution in [3.05, 3.63) is 75.6 Å². The van der Waals surface area contributed by atoms with E-state index in [4.69, 9.17) is 0 Å². The Bertz CT molecular complexity index is 1080. The van der Waals surface area contributed by atoms with Crippen LogP contribution >= 0.6 is 23.1 Å². The van der Waals surface area contributed by atoms with E-state index in [9.17, 15) is 14.9 Å². The molecule has 0 unspecified atom stereocenters. The lowest BCUT2D eigenvalue weighted by atomic mass is 10.2. The number of allylic oxidation sites excluding steroid dienone is 1. The molecule has 0 saturated carbocycles. The number of carbonyl (C=O) groups excluding carboxylic acids is 1. The van der Waals surface area contributed by atoms with E-state index >= 15 is 0 Å². The predicted octanol–water partition coefficient (Wildman–Crippen LogP) is 4.26. The summed E-state index contributed by atoms with van der Waals surface area (Å²) in [6.07, 6.45) is 3.61. The van der Waals surface area contributed by atoms with E-state index in [2.05, 4.69) is 11.6 Å². The number of nitro groups is 1. The molecule has 8 heteroatoms. The van der Waals surface area contributed by atoms with Crippen LogP contribution < -0.4 is 4.80 Å². The van der Waals surface area contributed by atoms with Crippen molar-refractivity contribution >= 4 is 44.9 Å². The second-order valence-electron chi connectivity index (χ2n) is 5.34. The highest BCUT2D eigenvalue weighted by Crippen LogP contribution is 2.23. The van der Waals surface area contributed by atoms with E-state index in [1.165, 1.54) is 23.5 Å². The Morgan fingerprint density at radius 2 is 2.19 bits per heavy atom. The molecular formula is C18H15N3O3S2. The molecule has 0 N–H and O–H groups in total. The third-order valence-corrected chi connectivity index (χ3v) is 5.49. The van der Waals surface area contributed by atoms with Gasteiger partial charge in [-0.1, -0.05) is 23.5 Å². The smallest absolute Gasteiger partial charge is 0.279 e. The number of thioether (sulfide) groups is 1. The molecule has 132 valence electrons. The van der Waals surface area contributed by atoms with Gasteiger partial charge < -0.3 is 4.57 Å². The molecule has 0 fully saturated rings. The normalized spacial score (nSPS) is 11.7. The molecule has 3 aromatic rings. The van der Waals surface area contributed by atoms with Gasteiger partial charge in [0.1, 0.15) is 0 Å². The Balaban J connectivity index is 2.14. The number of hydrogen-bond donors (Lipinski definition) is 0. The van der Waals surface area contributed by atoms with Crippen molar-refractivity contribution in [2.24, 2.45) is 4.99 Å². The van der Waals surface area contributed by atoms with Crippen LogP contribution in [0.1, 0.15) is 10.4 Å². The number of aromatic nitrogens is 1. The molecule has 0 aliphatic rings. The van der Waals surface area contributed by atoms with Gasteiger partial charge in [-0.05, 0) is 30.5 Å². The summed E-state index contributed by atoms with van der Waals surface area (Å²) in [5, 5.41) is 11.0. The van der Waals surface area contributed by atoms with Crippen molar-refractivity contribution in [1.29, 1.82) is 0 Å². The first-order valence-electron chi connectivity index (χ1n) is 7.65. The topological polar surface area (TPSA) is 77.5 Å². The number of nitro benzene ring substituents is 1. The van der Waals surface area contributed by atoms with Gasteiger partial charge in [-0.25, -0.2) is 0 Å². The van der Waals surface area contributed by atoms with Crippen LogP contribution in [0.5, 0.6) is 0 Å². The SMILES string of the molecule is C=CCn1c(=NC(=O)c2cccc(SC)c2)sc2ccc([N+](=O)[O-])cc21. The van der Waals surface area contributed by atoms with Crippen LogP contribution in [0, 0.1) is 10.1 Å². The molecule has 0 spiro atoms. The number of non-ortho nitro benzene ring substituents is 1. The van der Waals surface area contributed by atoms with Crippen molar-refractivity contribution in [3.63, 3.8) is 0 Å². The summed E-state index contributed by atoms with van der Waals surface area (Å²) in [6.45, 7) is 4.12. The van der Waals surface area contributed by atoms with Crippen molar-refractivity contribution in [3.8, 4) is 0 Å². The van der Waals surface area contributed by atoms with E-state index in [1.54, 1.807) is 40.6 Å². The predicted molar refractivity (Wildman–Crippen MR) is 105 cm³/mol. The van der Waals surface area contributed by atoms with Gasteiger partial charge in [0.05, 0.1) is 15.1 Å². The molecule has 1 aromatic heterocycles.